The number of carbonyl (C=O) groups is 1. The maximum absolute atomic E-state index is 12.7. The van der Waals surface area contributed by atoms with Crippen LogP contribution in [0.1, 0.15) is 6.92 Å². The standard InChI is InChI=1S/C13H15N3O4S/c1-9-5-6-10-11(20-13(17)15-10)8-16(9)21(18,19)12-4-2-3-7-14-12/h2-7,9-11H,8H2,1H3,(H,15,17)/t9-,10+,11-/m1/s1. The molecule has 7 nitrogen and oxygen atoms in total. The Balaban J connectivity index is 1.94. The van der Waals surface area contributed by atoms with Gasteiger partial charge in [-0.25, -0.2) is 18.2 Å². The van der Waals surface area contributed by atoms with Crippen LogP contribution in [-0.4, -0.2) is 48.5 Å². The van der Waals surface area contributed by atoms with E-state index in [2.05, 4.69) is 10.3 Å². The quantitative estimate of drug-likeness (QED) is 0.804. The lowest BCUT2D eigenvalue weighted by Crippen LogP contribution is -2.43. The van der Waals surface area contributed by atoms with Crippen LogP contribution < -0.4 is 5.32 Å². The number of nitrogens with zero attached hydrogens (tertiary/aromatic N) is 2. The van der Waals surface area contributed by atoms with Gasteiger partial charge in [-0.05, 0) is 19.1 Å². The maximum atomic E-state index is 12.7. The Morgan fingerprint density at radius 3 is 2.90 bits per heavy atom. The summed E-state index contributed by atoms with van der Waals surface area (Å²) in [6.45, 7) is 1.87. The first-order valence-corrected chi connectivity index (χ1v) is 8.01. The molecule has 3 rings (SSSR count). The summed E-state index contributed by atoms with van der Waals surface area (Å²) in [5.74, 6) is 0. The molecule has 0 unspecified atom stereocenters. The average Bonchev–Trinajstić information content (AvgIpc) is 2.75. The fraction of sp³-hybridized carbons (Fsp3) is 0.385. The second kappa shape index (κ2) is 5.12. The first-order valence-electron chi connectivity index (χ1n) is 6.57. The highest BCUT2D eigenvalue weighted by Gasteiger charge is 2.40. The molecule has 2 aliphatic heterocycles. The van der Waals surface area contributed by atoms with Crippen molar-refractivity contribution < 1.29 is 17.9 Å². The van der Waals surface area contributed by atoms with Crippen LogP contribution in [0, 0.1) is 0 Å². The zero-order valence-corrected chi connectivity index (χ0v) is 12.2. The molecule has 1 saturated heterocycles. The second-order valence-corrected chi connectivity index (χ2v) is 6.82. The topological polar surface area (TPSA) is 88.6 Å². The van der Waals surface area contributed by atoms with Crippen molar-refractivity contribution in [3.05, 3.63) is 36.5 Å². The molecule has 1 aromatic heterocycles. The van der Waals surface area contributed by atoms with Crippen LogP contribution in [0.15, 0.2) is 41.6 Å². The van der Waals surface area contributed by atoms with Crippen LogP contribution in [0.2, 0.25) is 0 Å². The van der Waals surface area contributed by atoms with Gasteiger partial charge in [0.25, 0.3) is 10.0 Å². The number of amides is 1. The fourth-order valence-corrected chi connectivity index (χ4v) is 3.99. The zero-order valence-electron chi connectivity index (χ0n) is 11.3. The van der Waals surface area contributed by atoms with Crippen molar-refractivity contribution in [2.45, 2.75) is 30.1 Å². The Kier molecular flexibility index (Phi) is 3.42. The van der Waals surface area contributed by atoms with Gasteiger partial charge >= 0.3 is 6.09 Å². The normalized spacial score (nSPS) is 29.4. The highest BCUT2D eigenvalue weighted by atomic mass is 32.2. The van der Waals surface area contributed by atoms with Crippen molar-refractivity contribution >= 4 is 16.1 Å². The van der Waals surface area contributed by atoms with Crippen LogP contribution in [0.3, 0.4) is 0 Å². The van der Waals surface area contributed by atoms with E-state index in [4.69, 9.17) is 4.74 Å². The highest BCUT2D eigenvalue weighted by Crippen LogP contribution is 2.23. The number of nitrogens with one attached hydrogen (secondary N) is 1. The molecular weight excluding hydrogens is 294 g/mol. The maximum Gasteiger partial charge on any atom is 0.408 e. The van der Waals surface area contributed by atoms with Gasteiger partial charge in [0, 0.05) is 12.2 Å². The van der Waals surface area contributed by atoms with Gasteiger partial charge < -0.3 is 10.1 Å². The molecule has 0 radical (unpaired) electrons. The Morgan fingerprint density at radius 2 is 2.19 bits per heavy atom. The van der Waals surface area contributed by atoms with Gasteiger partial charge in [-0.1, -0.05) is 18.2 Å². The number of fused-ring (bicyclic) bond motifs is 1. The van der Waals surface area contributed by atoms with E-state index in [-0.39, 0.29) is 23.7 Å². The molecule has 112 valence electrons. The molecule has 0 aromatic carbocycles. The predicted octanol–water partition coefficient (Wildman–Crippen LogP) is 0.508. The fourth-order valence-electron chi connectivity index (χ4n) is 2.45. The number of carbonyl (C=O) groups excluding carboxylic acids is 1. The summed E-state index contributed by atoms with van der Waals surface area (Å²) in [5.41, 5.74) is 0. The molecule has 0 spiro atoms. The van der Waals surface area contributed by atoms with Gasteiger partial charge in [0.15, 0.2) is 5.03 Å². The summed E-state index contributed by atoms with van der Waals surface area (Å²) < 4.78 is 31.8. The van der Waals surface area contributed by atoms with E-state index in [9.17, 15) is 13.2 Å². The zero-order chi connectivity index (χ0) is 15.0. The molecule has 8 heteroatoms. The minimum atomic E-state index is -3.74. The van der Waals surface area contributed by atoms with Gasteiger partial charge in [0.2, 0.25) is 0 Å². The van der Waals surface area contributed by atoms with E-state index < -0.39 is 22.2 Å². The molecule has 0 bridgehead atoms. The van der Waals surface area contributed by atoms with Crippen molar-refractivity contribution in [2.24, 2.45) is 0 Å². The number of aromatic nitrogens is 1. The molecule has 0 aliphatic carbocycles. The van der Waals surface area contributed by atoms with Gasteiger partial charge in [0.1, 0.15) is 6.10 Å². The molecule has 21 heavy (non-hydrogen) atoms. The van der Waals surface area contributed by atoms with Crippen LogP contribution in [0.5, 0.6) is 0 Å². The van der Waals surface area contributed by atoms with Crippen molar-refractivity contribution in [2.75, 3.05) is 6.54 Å². The van der Waals surface area contributed by atoms with E-state index in [1.807, 2.05) is 0 Å². The number of hydrogen-bond acceptors (Lipinski definition) is 5. The van der Waals surface area contributed by atoms with Crippen molar-refractivity contribution in [3.63, 3.8) is 0 Å². The van der Waals surface area contributed by atoms with Gasteiger partial charge in [-0.2, -0.15) is 4.31 Å². The number of ether oxygens (including phenoxy) is 1. The Hall–Kier alpha value is -1.93. The minimum Gasteiger partial charge on any atom is -0.442 e. The van der Waals surface area contributed by atoms with E-state index in [0.29, 0.717) is 0 Å². The van der Waals surface area contributed by atoms with E-state index in [0.717, 1.165) is 0 Å². The molecular formula is C13H15N3O4S. The number of alkyl carbamates (subject to hydrolysis) is 1. The van der Waals surface area contributed by atoms with Gasteiger partial charge in [-0.3, -0.25) is 0 Å². The number of sulfonamides is 1. The third-order valence-electron chi connectivity index (χ3n) is 3.57. The third kappa shape index (κ3) is 2.52. The molecule has 3 atom stereocenters. The number of rotatable bonds is 2. The smallest absolute Gasteiger partial charge is 0.408 e. The number of hydrogen-bond donors (Lipinski definition) is 1. The summed E-state index contributed by atoms with van der Waals surface area (Å²) >= 11 is 0. The molecule has 1 amide bonds. The van der Waals surface area contributed by atoms with Gasteiger partial charge in [-0.15, -0.1) is 0 Å². The van der Waals surface area contributed by atoms with Crippen molar-refractivity contribution in [1.29, 1.82) is 0 Å². The second-order valence-electron chi connectivity index (χ2n) is 4.98. The van der Waals surface area contributed by atoms with Crippen molar-refractivity contribution in [3.8, 4) is 0 Å². The molecule has 1 fully saturated rings. The molecule has 0 saturated carbocycles. The van der Waals surface area contributed by atoms with Gasteiger partial charge in [0.05, 0.1) is 12.6 Å². The molecule has 3 heterocycles. The first-order chi connectivity index (χ1) is 9.98. The molecule has 1 aromatic rings. The number of pyridine rings is 1. The minimum absolute atomic E-state index is 0.0130. The van der Waals surface area contributed by atoms with E-state index in [1.165, 1.54) is 16.6 Å². The van der Waals surface area contributed by atoms with Crippen LogP contribution in [0.25, 0.3) is 0 Å². The van der Waals surface area contributed by atoms with E-state index in [1.54, 1.807) is 31.2 Å². The summed E-state index contributed by atoms with van der Waals surface area (Å²) in [6.07, 6.45) is 3.90. The Bertz CT molecular complexity index is 674. The first kappa shape index (κ1) is 14.0. The predicted molar refractivity (Wildman–Crippen MR) is 73.9 cm³/mol. The van der Waals surface area contributed by atoms with Crippen molar-refractivity contribution in [1.82, 2.24) is 14.6 Å². The van der Waals surface area contributed by atoms with Crippen LogP contribution in [-0.2, 0) is 14.8 Å². The highest BCUT2D eigenvalue weighted by molar-refractivity contribution is 7.89. The molecule has 2 aliphatic rings. The summed E-state index contributed by atoms with van der Waals surface area (Å²) in [6, 6.07) is 4.08. The Labute approximate surface area is 122 Å². The lowest BCUT2D eigenvalue weighted by molar-refractivity contribution is 0.120. The summed E-state index contributed by atoms with van der Waals surface area (Å²) in [5, 5.41) is 2.63. The van der Waals surface area contributed by atoms with Crippen LogP contribution in [0.4, 0.5) is 4.79 Å². The monoisotopic (exact) mass is 309 g/mol. The lowest BCUT2D eigenvalue weighted by atomic mass is 10.2. The SMILES string of the molecule is C[C@@H]1C=C[C@@H]2NC(=O)O[C@@H]2CN1S(=O)(=O)c1ccccn1. The average molecular weight is 309 g/mol. The van der Waals surface area contributed by atoms with E-state index >= 15 is 0 Å². The lowest BCUT2D eigenvalue weighted by Gasteiger charge is -2.26. The summed E-state index contributed by atoms with van der Waals surface area (Å²) in [7, 11) is -3.74. The molecule has 1 N–H and O–H groups in total. The summed E-state index contributed by atoms with van der Waals surface area (Å²) in [4.78, 5) is 15.2. The largest absolute Gasteiger partial charge is 0.442 e. The van der Waals surface area contributed by atoms with Crippen LogP contribution >= 0.6 is 0 Å². The third-order valence-corrected chi connectivity index (χ3v) is 5.43. The Morgan fingerprint density at radius 1 is 1.38 bits per heavy atom.